The van der Waals surface area contributed by atoms with E-state index in [9.17, 15) is 9.00 Å². The molecule has 0 saturated carbocycles. The van der Waals surface area contributed by atoms with Gasteiger partial charge in [-0.2, -0.15) is 5.10 Å². The fourth-order valence-electron chi connectivity index (χ4n) is 3.49. The summed E-state index contributed by atoms with van der Waals surface area (Å²) >= 11 is 0. The summed E-state index contributed by atoms with van der Waals surface area (Å²) < 4.78 is 29.4. The van der Waals surface area contributed by atoms with Gasteiger partial charge >= 0.3 is 6.03 Å². The second-order valence-corrected chi connectivity index (χ2v) is 10.2. The van der Waals surface area contributed by atoms with Gasteiger partial charge in [0.15, 0.2) is 9.92 Å². The van der Waals surface area contributed by atoms with Crippen LogP contribution in [0.3, 0.4) is 0 Å². The third-order valence-corrected chi connectivity index (χ3v) is 6.45. The lowest BCUT2D eigenvalue weighted by molar-refractivity contribution is 0.0972. The first kappa shape index (κ1) is 22.7. The Morgan fingerprint density at radius 2 is 2.09 bits per heavy atom. The standard InChI is InChI=1S/C21H25N7O4S/c1-13-18(15(6-8-23-13)14-5-7-24-17(9-14)31-4)26-20(29)27-33(22,30)16-10-25-28-11-21(2,3)12-32-19(16)28/h5-10H,11-12H2,1-4H3,(H3,22,26,27,29,30). The highest BCUT2D eigenvalue weighted by molar-refractivity contribution is 7.91. The van der Waals surface area contributed by atoms with Gasteiger partial charge in [-0.15, -0.1) is 4.36 Å². The van der Waals surface area contributed by atoms with E-state index < -0.39 is 15.9 Å². The molecule has 1 unspecified atom stereocenters. The van der Waals surface area contributed by atoms with E-state index in [0.29, 0.717) is 36.0 Å². The van der Waals surface area contributed by atoms with Crippen LogP contribution in [0.5, 0.6) is 11.8 Å². The third-order valence-electron chi connectivity index (χ3n) is 5.10. The molecule has 0 bridgehead atoms. The summed E-state index contributed by atoms with van der Waals surface area (Å²) in [6.45, 7) is 6.77. The van der Waals surface area contributed by atoms with Gasteiger partial charge in [0, 0.05) is 29.4 Å². The molecule has 2 amide bonds. The molecule has 4 heterocycles. The molecule has 0 saturated heterocycles. The zero-order chi connectivity index (χ0) is 23.8. The van der Waals surface area contributed by atoms with E-state index in [1.807, 2.05) is 13.8 Å². The Morgan fingerprint density at radius 1 is 1.33 bits per heavy atom. The molecule has 1 atom stereocenters. The number of fused-ring (bicyclic) bond motifs is 1. The molecule has 1 aliphatic rings. The van der Waals surface area contributed by atoms with Crippen LogP contribution in [0.15, 0.2) is 46.0 Å². The number of pyridine rings is 2. The van der Waals surface area contributed by atoms with Crippen LogP contribution in [0, 0.1) is 12.3 Å². The number of nitrogens with two attached hydrogens (primary N) is 1. The lowest BCUT2D eigenvalue weighted by Crippen LogP contribution is -2.33. The van der Waals surface area contributed by atoms with Gasteiger partial charge in [-0.3, -0.25) is 4.98 Å². The molecule has 0 aliphatic carbocycles. The number of ether oxygens (including phenoxy) is 2. The second kappa shape index (κ2) is 8.45. The van der Waals surface area contributed by atoms with Gasteiger partial charge in [0.05, 0.1) is 37.8 Å². The van der Waals surface area contributed by atoms with E-state index in [-0.39, 0.29) is 16.2 Å². The number of carbonyl (C=O) groups is 1. The fraction of sp³-hybridized carbons (Fsp3) is 0.333. The molecule has 0 aromatic carbocycles. The predicted octanol–water partition coefficient (Wildman–Crippen LogP) is 3.01. The molecule has 3 aromatic rings. The number of carbonyl (C=O) groups excluding carboxylic acids is 1. The molecule has 0 spiro atoms. The molecule has 0 fully saturated rings. The number of hydrogen-bond acceptors (Lipinski definition) is 7. The molecule has 12 heteroatoms. The summed E-state index contributed by atoms with van der Waals surface area (Å²) in [4.78, 5) is 21.2. The van der Waals surface area contributed by atoms with Crippen LogP contribution >= 0.6 is 0 Å². The Kier molecular flexibility index (Phi) is 5.80. The summed E-state index contributed by atoms with van der Waals surface area (Å²) in [7, 11) is -2.09. The maximum absolute atomic E-state index is 13.2. The molecule has 4 rings (SSSR count). The zero-order valence-corrected chi connectivity index (χ0v) is 19.5. The van der Waals surface area contributed by atoms with Crippen molar-refractivity contribution in [2.24, 2.45) is 14.9 Å². The molecule has 3 N–H and O–H groups in total. The Bertz CT molecular complexity index is 1340. The molecular formula is C21H25N7O4S. The lowest BCUT2D eigenvalue weighted by Gasteiger charge is -2.30. The van der Waals surface area contributed by atoms with Crippen LogP contribution < -0.4 is 19.9 Å². The number of urea groups is 1. The minimum Gasteiger partial charge on any atom is -0.481 e. The minimum atomic E-state index is -3.61. The molecule has 0 radical (unpaired) electrons. The highest BCUT2D eigenvalue weighted by atomic mass is 32.2. The zero-order valence-electron chi connectivity index (χ0n) is 18.7. The third kappa shape index (κ3) is 4.66. The van der Waals surface area contributed by atoms with E-state index in [0.717, 1.165) is 5.56 Å². The van der Waals surface area contributed by atoms with Crippen LogP contribution in [-0.4, -0.2) is 43.7 Å². The number of rotatable bonds is 4. The smallest absolute Gasteiger partial charge is 0.354 e. The average molecular weight is 472 g/mol. The van der Waals surface area contributed by atoms with Crippen molar-refractivity contribution in [1.82, 2.24) is 19.7 Å². The summed E-state index contributed by atoms with van der Waals surface area (Å²) in [6.07, 6.45) is 4.55. The molecule has 11 nitrogen and oxygen atoms in total. The van der Waals surface area contributed by atoms with E-state index in [1.165, 1.54) is 13.3 Å². The van der Waals surface area contributed by atoms with Crippen LogP contribution in [0.25, 0.3) is 11.1 Å². The van der Waals surface area contributed by atoms with E-state index in [2.05, 4.69) is 24.7 Å². The molecular weight excluding hydrogens is 446 g/mol. The minimum absolute atomic E-state index is 0.0788. The first-order valence-electron chi connectivity index (χ1n) is 10.1. The first-order valence-corrected chi connectivity index (χ1v) is 11.7. The number of methoxy groups -OCH3 is 1. The van der Waals surface area contributed by atoms with Gasteiger partial charge in [-0.1, -0.05) is 13.8 Å². The predicted molar refractivity (Wildman–Crippen MR) is 122 cm³/mol. The number of anilines is 1. The van der Waals surface area contributed by atoms with Crippen LogP contribution in [0.1, 0.15) is 19.5 Å². The van der Waals surface area contributed by atoms with Gasteiger partial charge in [-0.25, -0.2) is 23.8 Å². The molecule has 3 aromatic heterocycles. The Labute approximate surface area is 191 Å². The SMILES string of the molecule is COc1cc(-c2ccnc(C)c2NC(=O)N=S(N)(=O)c2cnn3c2OCC(C)(C)C3)ccn1. The van der Waals surface area contributed by atoms with Crippen LogP contribution in [0.4, 0.5) is 10.5 Å². The van der Waals surface area contributed by atoms with Crippen molar-refractivity contribution in [2.75, 3.05) is 19.0 Å². The normalized spacial score (nSPS) is 16.2. The topological polar surface area (TPSA) is 147 Å². The van der Waals surface area contributed by atoms with Crippen LogP contribution in [0.2, 0.25) is 0 Å². The van der Waals surface area contributed by atoms with Crippen molar-refractivity contribution in [3.63, 3.8) is 0 Å². The van der Waals surface area contributed by atoms with E-state index in [4.69, 9.17) is 14.6 Å². The Hall–Kier alpha value is -3.51. The number of amides is 2. The van der Waals surface area contributed by atoms with Crippen molar-refractivity contribution in [3.8, 4) is 22.9 Å². The van der Waals surface area contributed by atoms with E-state index in [1.54, 1.807) is 42.2 Å². The number of aromatic nitrogens is 4. The maximum atomic E-state index is 13.2. The number of aryl methyl sites for hydroxylation is 1. The quantitative estimate of drug-likeness (QED) is 0.594. The van der Waals surface area contributed by atoms with Gasteiger partial charge < -0.3 is 14.8 Å². The van der Waals surface area contributed by atoms with Crippen molar-refractivity contribution in [3.05, 3.63) is 42.5 Å². The largest absolute Gasteiger partial charge is 0.481 e. The highest BCUT2D eigenvalue weighted by Crippen LogP contribution is 2.34. The average Bonchev–Trinajstić information content (AvgIpc) is 3.17. The van der Waals surface area contributed by atoms with Gasteiger partial charge in [-0.05, 0) is 24.6 Å². The lowest BCUT2D eigenvalue weighted by atomic mass is 9.94. The van der Waals surface area contributed by atoms with Gasteiger partial charge in [0.2, 0.25) is 11.8 Å². The maximum Gasteiger partial charge on any atom is 0.354 e. The monoisotopic (exact) mass is 471 g/mol. The van der Waals surface area contributed by atoms with Gasteiger partial charge in [0.25, 0.3) is 0 Å². The van der Waals surface area contributed by atoms with Crippen molar-refractivity contribution in [2.45, 2.75) is 32.2 Å². The first-order chi connectivity index (χ1) is 15.6. The van der Waals surface area contributed by atoms with E-state index >= 15 is 0 Å². The number of hydrogen-bond donors (Lipinski definition) is 2. The van der Waals surface area contributed by atoms with Crippen molar-refractivity contribution >= 4 is 21.6 Å². The summed E-state index contributed by atoms with van der Waals surface area (Å²) in [5.74, 6) is 0.684. The Morgan fingerprint density at radius 3 is 2.85 bits per heavy atom. The molecule has 33 heavy (non-hydrogen) atoms. The van der Waals surface area contributed by atoms with Crippen molar-refractivity contribution < 1.29 is 18.5 Å². The summed E-state index contributed by atoms with van der Waals surface area (Å²) in [6, 6.07) is 4.36. The molecule has 1 aliphatic heterocycles. The fourth-order valence-corrected chi connectivity index (χ4v) is 4.49. The summed E-state index contributed by atoms with van der Waals surface area (Å²) in [5, 5.41) is 12.9. The Balaban J connectivity index is 1.66. The molecule has 174 valence electrons. The number of nitrogens with one attached hydrogen (secondary N) is 1. The second-order valence-electron chi connectivity index (χ2n) is 8.42. The van der Waals surface area contributed by atoms with Crippen LogP contribution in [-0.2, 0) is 16.5 Å². The highest BCUT2D eigenvalue weighted by Gasteiger charge is 2.32. The van der Waals surface area contributed by atoms with Crippen molar-refractivity contribution in [1.29, 1.82) is 0 Å². The number of nitrogens with zero attached hydrogens (tertiary/aromatic N) is 5. The summed E-state index contributed by atoms with van der Waals surface area (Å²) in [5.41, 5.74) is 2.24. The van der Waals surface area contributed by atoms with Gasteiger partial charge in [0.1, 0.15) is 4.90 Å².